The van der Waals surface area contributed by atoms with Gasteiger partial charge in [0, 0.05) is 6.42 Å². The van der Waals surface area contributed by atoms with E-state index < -0.39 is 18.2 Å². The molecule has 3 atom stereocenters. The van der Waals surface area contributed by atoms with Crippen LogP contribution in [0.4, 0.5) is 0 Å². The predicted molar refractivity (Wildman–Crippen MR) is 264 cm³/mol. The molecule has 3 N–H and O–H groups in total. The number of amides is 1. The van der Waals surface area contributed by atoms with E-state index in [1.807, 2.05) is 36.5 Å². The third-order valence-electron chi connectivity index (χ3n) is 11.7. The van der Waals surface area contributed by atoms with Gasteiger partial charge in [0.2, 0.25) is 5.91 Å². The van der Waals surface area contributed by atoms with Gasteiger partial charge < -0.3 is 20.3 Å². The van der Waals surface area contributed by atoms with Crippen molar-refractivity contribution in [3.8, 4) is 0 Å². The van der Waals surface area contributed by atoms with Crippen molar-refractivity contribution >= 4 is 11.9 Å². The number of hydrogen-bond acceptors (Lipinski definition) is 5. The molecule has 1 amide bonds. The van der Waals surface area contributed by atoms with Gasteiger partial charge in [0.1, 0.15) is 6.10 Å². The van der Waals surface area contributed by atoms with Crippen LogP contribution in [0.5, 0.6) is 0 Å². The minimum Gasteiger partial charge on any atom is -0.462 e. The molecule has 0 bridgehead atoms. The van der Waals surface area contributed by atoms with Crippen LogP contribution in [0.15, 0.2) is 60.8 Å². The molecular formula is C55H99NO5. The first kappa shape index (κ1) is 58.6. The van der Waals surface area contributed by atoms with E-state index in [1.165, 1.54) is 135 Å². The molecule has 0 radical (unpaired) electrons. The van der Waals surface area contributed by atoms with Gasteiger partial charge in [-0.15, -0.1) is 0 Å². The lowest BCUT2D eigenvalue weighted by Crippen LogP contribution is -2.46. The second kappa shape index (κ2) is 48.6. The number of aliphatic hydroxyl groups excluding tert-OH is 2. The molecule has 0 aliphatic carbocycles. The maximum atomic E-state index is 13.2. The van der Waals surface area contributed by atoms with Gasteiger partial charge in [-0.05, 0) is 44.9 Å². The fourth-order valence-corrected chi connectivity index (χ4v) is 7.81. The Morgan fingerprint density at radius 3 is 1.33 bits per heavy atom. The molecule has 6 nitrogen and oxygen atoms in total. The minimum atomic E-state index is -0.795. The lowest BCUT2D eigenvalue weighted by Gasteiger charge is -2.24. The van der Waals surface area contributed by atoms with E-state index in [2.05, 4.69) is 50.4 Å². The zero-order chi connectivity index (χ0) is 44.5. The molecule has 61 heavy (non-hydrogen) atoms. The summed E-state index contributed by atoms with van der Waals surface area (Å²) >= 11 is 0. The molecule has 0 aliphatic rings. The summed E-state index contributed by atoms with van der Waals surface area (Å²) in [6.07, 6.45) is 59.9. The van der Waals surface area contributed by atoms with Gasteiger partial charge in [0.05, 0.1) is 25.2 Å². The zero-order valence-corrected chi connectivity index (χ0v) is 40.3. The average molecular weight is 854 g/mol. The number of rotatable bonds is 46. The van der Waals surface area contributed by atoms with Gasteiger partial charge in [-0.25, -0.2) is 0 Å². The first-order chi connectivity index (χ1) is 30.0. The highest BCUT2D eigenvalue weighted by Gasteiger charge is 2.24. The number of esters is 1. The van der Waals surface area contributed by atoms with Crippen LogP contribution in [0.2, 0.25) is 0 Å². The third-order valence-corrected chi connectivity index (χ3v) is 11.7. The standard InChI is InChI=1S/C55H99NO5/c1-4-7-10-13-16-19-22-24-26-28-29-32-34-37-40-43-46-51(61-55(60)48-45-42-39-36-33-30-27-25-23-20-17-14-11-8-5-2)49-54(59)56-52(50-57)53(58)47-44-41-38-35-31-21-18-15-12-9-6-3/h8,11,14,17,20,23,25,27,30,33,51-53,57-58H,4-7,9-10,12-13,15-16,18-19,21-22,24,26,28-29,31-32,34-50H2,1-3H3,(H,56,59)/b11-8+,17-14+,23-20-,27-25-,33-30+. The molecule has 0 saturated carbocycles. The lowest BCUT2D eigenvalue weighted by molar-refractivity contribution is -0.151. The Morgan fingerprint density at radius 1 is 0.492 bits per heavy atom. The molecule has 0 aromatic heterocycles. The summed E-state index contributed by atoms with van der Waals surface area (Å²) in [5.41, 5.74) is 0. The maximum Gasteiger partial charge on any atom is 0.306 e. The van der Waals surface area contributed by atoms with E-state index in [0.29, 0.717) is 19.3 Å². The Kier molecular flexibility index (Phi) is 46.6. The molecule has 354 valence electrons. The molecule has 0 fully saturated rings. The van der Waals surface area contributed by atoms with Gasteiger partial charge in [-0.1, -0.05) is 255 Å². The van der Waals surface area contributed by atoms with E-state index in [-0.39, 0.29) is 24.9 Å². The number of aliphatic hydroxyl groups is 2. The molecule has 0 saturated heterocycles. The minimum absolute atomic E-state index is 0.0613. The second-order valence-corrected chi connectivity index (χ2v) is 17.7. The monoisotopic (exact) mass is 854 g/mol. The Labute approximate surface area is 378 Å². The molecule has 3 unspecified atom stereocenters. The third kappa shape index (κ3) is 44.0. The second-order valence-electron chi connectivity index (χ2n) is 17.7. The number of allylic oxidation sites excluding steroid dienone is 10. The van der Waals surface area contributed by atoms with Crippen LogP contribution in [-0.2, 0) is 14.3 Å². The van der Waals surface area contributed by atoms with E-state index in [9.17, 15) is 19.8 Å². The summed E-state index contributed by atoms with van der Waals surface area (Å²) < 4.78 is 5.92. The van der Waals surface area contributed by atoms with Gasteiger partial charge >= 0.3 is 5.97 Å². The van der Waals surface area contributed by atoms with Crippen molar-refractivity contribution in [3.05, 3.63) is 60.8 Å². The van der Waals surface area contributed by atoms with Crippen LogP contribution >= 0.6 is 0 Å². The van der Waals surface area contributed by atoms with Crippen LogP contribution in [0.25, 0.3) is 0 Å². The van der Waals surface area contributed by atoms with Crippen molar-refractivity contribution in [2.75, 3.05) is 6.61 Å². The lowest BCUT2D eigenvalue weighted by atomic mass is 10.0. The first-order valence-corrected chi connectivity index (χ1v) is 26.1. The highest BCUT2D eigenvalue weighted by molar-refractivity contribution is 5.77. The van der Waals surface area contributed by atoms with Crippen molar-refractivity contribution in [1.29, 1.82) is 0 Å². The Morgan fingerprint density at radius 2 is 0.885 bits per heavy atom. The number of ether oxygens (including phenoxy) is 1. The van der Waals surface area contributed by atoms with Gasteiger partial charge in [-0.3, -0.25) is 9.59 Å². The Balaban J connectivity index is 4.65. The quantitative estimate of drug-likeness (QED) is 0.0322. The summed E-state index contributed by atoms with van der Waals surface area (Å²) in [6, 6.07) is -0.710. The molecule has 6 heteroatoms. The topological polar surface area (TPSA) is 95.9 Å². The first-order valence-electron chi connectivity index (χ1n) is 26.1. The largest absolute Gasteiger partial charge is 0.462 e. The van der Waals surface area contributed by atoms with E-state index in [0.717, 1.165) is 70.6 Å². The molecule has 0 rings (SSSR count). The number of carbonyl (C=O) groups is 2. The number of hydrogen-bond donors (Lipinski definition) is 3. The predicted octanol–water partition coefficient (Wildman–Crippen LogP) is 15.6. The van der Waals surface area contributed by atoms with Crippen molar-refractivity contribution in [2.24, 2.45) is 0 Å². The molecule has 0 aromatic carbocycles. The normalized spacial score (nSPS) is 13.7. The summed E-state index contributed by atoms with van der Waals surface area (Å²) in [7, 11) is 0. The molecular weight excluding hydrogens is 755 g/mol. The van der Waals surface area contributed by atoms with Gasteiger partial charge in [-0.2, -0.15) is 0 Å². The van der Waals surface area contributed by atoms with E-state index in [1.54, 1.807) is 0 Å². The highest BCUT2D eigenvalue weighted by atomic mass is 16.5. The van der Waals surface area contributed by atoms with Crippen molar-refractivity contribution < 1.29 is 24.5 Å². The summed E-state index contributed by atoms with van der Waals surface area (Å²) in [5, 5.41) is 23.7. The smallest absolute Gasteiger partial charge is 0.306 e. The summed E-state index contributed by atoms with van der Waals surface area (Å²) in [5.74, 6) is -0.516. The van der Waals surface area contributed by atoms with Crippen LogP contribution in [0.1, 0.15) is 252 Å². The average Bonchev–Trinajstić information content (AvgIpc) is 3.25. The van der Waals surface area contributed by atoms with Gasteiger partial charge in [0.15, 0.2) is 0 Å². The number of carbonyl (C=O) groups excluding carboxylic acids is 2. The fourth-order valence-electron chi connectivity index (χ4n) is 7.81. The van der Waals surface area contributed by atoms with Crippen LogP contribution in [0, 0.1) is 0 Å². The summed E-state index contributed by atoms with van der Waals surface area (Å²) in [4.78, 5) is 26.1. The number of nitrogens with one attached hydrogen (secondary N) is 1. The molecule has 0 aliphatic heterocycles. The van der Waals surface area contributed by atoms with Crippen molar-refractivity contribution in [2.45, 2.75) is 270 Å². The maximum absolute atomic E-state index is 13.2. The zero-order valence-electron chi connectivity index (χ0n) is 40.3. The van der Waals surface area contributed by atoms with Crippen LogP contribution < -0.4 is 5.32 Å². The Bertz CT molecular complexity index is 1090. The van der Waals surface area contributed by atoms with Crippen molar-refractivity contribution in [1.82, 2.24) is 5.32 Å². The van der Waals surface area contributed by atoms with Crippen molar-refractivity contribution in [3.63, 3.8) is 0 Å². The number of unbranched alkanes of at least 4 members (excludes halogenated alkanes) is 28. The molecule has 0 spiro atoms. The SMILES string of the molecule is CC/C=C/C=C/C=C\C=C/C=C/CCCCCC(=O)OC(CCCCCCCCCCCCCCCCCC)CC(=O)NC(CO)C(O)CCCCCCCCCCCCC. The van der Waals surface area contributed by atoms with Crippen LogP contribution in [0.3, 0.4) is 0 Å². The van der Waals surface area contributed by atoms with E-state index >= 15 is 0 Å². The van der Waals surface area contributed by atoms with Gasteiger partial charge in [0.25, 0.3) is 0 Å². The van der Waals surface area contributed by atoms with Crippen LogP contribution in [-0.4, -0.2) is 46.9 Å². The van der Waals surface area contributed by atoms with E-state index in [4.69, 9.17) is 4.74 Å². The molecule has 0 heterocycles. The summed E-state index contributed by atoms with van der Waals surface area (Å²) in [6.45, 7) is 6.34. The highest BCUT2D eigenvalue weighted by Crippen LogP contribution is 2.18. The fraction of sp³-hybridized carbons (Fsp3) is 0.782. The molecule has 0 aromatic rings. The Hall–Kier alpha value is -2.44.